The molecule has 0 unspecified atom stereocenters. The van der Waals surface area contributed by atoms with Crippen LogP contribution in [0.3, 0.4) is 0 Å². The topological polar surface area (TPSA) is 15.7 Å². The molecule has 2 saturated heterocycles. The van der Waals surface area contributed by atoms with Crippen molar-refractivity contribution in [1.82, 2.24) is 9.80 Å². The van der Waals surface area contributed by atoms with E-state index in [2.05, 4.69) is 30.6 Å². The fourth-order valence-electron chi connectivity index (χ4n) is 2.37. The van der Waals surface area contributed by atoms with E-state index >= 15 is 0 Å². The number of hydrogen-bond acceptors (Lipinski definition) is 3. The highest BCUT2D eigenvalue weighted by atomic mass is 16.5. The van der Waals surface area contributed by atoms with Gasteiger partial charge in [-0.15, -0.1) is 0 Å². The Balaban J connectivity index is 0. The number of hydrogen-bond donors (Lipinski definition) is 0. The van der Waals surface area contributed by atoms with Crippen LogP contribution in [0.5, 0.6) is 0 Å². The van der Waals surface area contributed by atoms with E-state index in [4.69, 9.17) is 4.74 Å². The third-order valence-corrected chi connectivity index (χ3v) is 3.67. The molecule has 3 heteroatoms. The van der Waals surface area contributed by atoms with E-state index in [1.807, 2.05) is 27.7 Å². The summed E-state index contributed by atoms with van der Waals surface area (Å²) in [6.07, 6.45) is 4.30. The van der Waals surface area contributed by atoms with Gasteiger partial charge in [-0.2, -0.15) is 0 Å². The molecular weight excluding hydrogens is 260 g/mol. The van der Waals surface area contributed by atoms with Gasteiger partial charge < -0.3 is 9.64 Å². The minimum Gasteiger partial charge on any atom is -0.379 e. The second-order valence-electron chi connectivity index (χ2n) is 5.24. The molecule has 2 aliphatic heterocycles. The van der Waals surface area contributed by atoms with Crippen molar-refractivity contribution >= 4 is 0 Å². The van der Waals surface area contributed by atoms with E-state index in [9.17, 15) is 0 Å². The molecule has 0 radical (unpaired) electrons. The maximum absolute atomic E-state index is 5.21. The maximum atomic E-state index is 5.21. The minimum absolute atomic E-state index is 0.689. The Morgan fingerprint density at radius 2 is 1.29 bits per heavy atom. The van der Waals surface area contributed by atoms with Crippen LogP contribution in [0.4, 0.5) is 0 Å². The van der Waals surface area contributed by atoms with Gasteiger partial charge in [0, 0.05) is 19.1 Å². The predicted molar refractivity (Wildman–Crippen MR) is 96.2 cm³/mol. The molecule has 2 heterocycles. The number of nitrogens with zero attached hydrogens (tertiary/aromatic N) is 2. The Hall–Kier alpha value is -0.120. The summed E-state index contributed by atoms with van der Waals surface area (Å²) in [6.45, 7) is 22.7. The molecule has 2 fully saturated rings. The standard InChI is InChI=1S/C7H15NO.C7H15N.2C2H6/c1-7(2)8-3-5-9-6-4-8;1-2-8-6-4-3-5-7-8;2*1-2/h7H,3-6H2,1-2H3;2-7H2,1H3;2*1-2H3. The molecule has 0 saturated carbocycles. The van der Waals surface area contributed by atoms with Gasteiger partial charge in [0.05, 0.1) is 13.2 Å². The second-order valence-corrected chi connectivity index (χ2v) is 5.24. The molecule has 0 aromatic rings. The summed E-state index contributed by atoms with van der Waals surface area (Å²) >= 11 is 0. The predicted octanol–water partition coefficient (Wildman–Crippen LogP) is 4.27. The highest BCUT2D eigenvalue weighted by Crippen LogP contribution is 2.06. The molecule has 3 nitrogen and oxygen atoms in total. The highest BCUT2D eigenvalue weighted by molar-refractivity contribution is 4.65. The van der Waals surface area contributed by atoms with Crippen LogP contribution in [-0.4, -0.2) is 61.8 Å². The summed E-state index contributed by atoms with van der Waals surface area (Å²) in [7, 11) is 0. The van der Waals surface area contributed by atoms with E-state index in [1.165, 1.54) is 38.9 Å². The number of rotatable bonds is 2. The van der Waals surface area contributed by atoms with Gasteiger partial charge in [0.25, 0.3) is 0 Å². The van der Waals surface area contributed by atoms with Gasteiger partial charge in [-0.3, -0.25) is 4.90 Å². The van der Waals surface area contributed by atoms with Gasteiger partial charge in [0.15, 0.2) is 0 Å². The molecular formula is C18H42N2O. The van der Waals surface area contributed by atoms with E-state index in [1.54, 1.807) is 0 Å². The van der Waals surface area contributed by atoms with Crippen molar-refractivity contribution in [2.24, 2.45) is 0 Å². The second kappa shape index (κ2) is 17.9. The highest BCUT2D eigenvalue weighted by Gasteiger charge is 2.12. The van der Waals surface area contributed by atoms with Crippen LogP contribution < -0.4 is 0 Å². The van der Waals surface area contributed by atoms with Crippen molar-refractivity contribution in [2.75, 3.05) is 45.9 Å². The Kier molecular flexibility index (Phi) is 19.8. The van der Waals surface area contributed by atoms with Crippen molar-refractivity contribution in [1.29, 1.82) is 0 Å². The first-order valence-corrected chi connectivity index (χ1v) is 9.28. The van der Waals surface area contributed by atoms with Gasteiger partial charge in [0.2, 0.25) is 0 Å². The summed E-state index contributed by atoms with van der Waals surface area (Å²) in [5.74, 6) is 0. The molecule has 0 N–H and O–H groups in total. The fourth-order valence-corrected chi connectivity index (χ4v) is 2.37. The van der Waals surface area contributed by atoms with Gasteiger partial charge in [-0.1, -0.05) is 41.0 Å². The molecule has 2 aliphatic rings. The van der Waals surface area contributed by atoms with Crippen molar-refractivity contribution in [2.45, 2.75) is 73.8 Å². The SMILES string of the molecule is CC.CC.CC(C)N1CCOCC1.CCN1CCCCC1. The Morgan fingerprint density at radius 3 is 1.57 bits per heavy atom. The normalized spacial score (nSPS) is 19.4. The van der Waals surface area contributed by atoms with Crippen molar-refractivity contribution in [3.05, 3.63) is 0 Å². The molecule has 0 amide bonds. The van der Waals surface area contributed by atoms with Crippen LogP contribution in [0.2, 0.25) is 0 Å². The van der Waals surface area contributed by atoms with E-state index < -0.39 is 0 Å². The summed E-state index contributed by atoms with van der Waals surface area (Å²) < 4.78 is 5.21. The maximum Gasteiger partial charge on any atom is 0.0594 e. The lowest BCUT2D eigenvalue weighted by Gasteiger charge is -2.29. The van der Waals surface area contributed by atoms with Crippen LogP contribution in [0.25, 0.3) is 0 Å². The molecule has 0 atom stereocenters. The zero-order chi connectivity index (χ0) is 16.5. The van der Waals surface area contributed by atoms with Crippen molar-refractivity contribution in [3.8, 4) is 0 Å². The largest absolute Gasteiger partial charge is 0.379 e. The minimum atomic E-state index is 0.689. The van der Waals surface area contributed by atoms with Crippen LogP contribution in [0.15, 0.2) is 0 Å². The molecule has 0 bridgehead atoms. The van der Waals surface area contributed by atoms with Crippen molar-refractivity contribution < 1.29 is 4.74 Å². The average molecular weight is 303 g/mol. The quantitative estimate of drug-likeness (QED) is 0.757. The van der Waals surface area contributed by atoms with Crippen LogP contribution in [0.1, 0.15) is 67.7 Å². The van der Waals surface area contributed by atoms with Crippen LogP contribution in [-0.2, 0) is 4.74 Å². The molecule has 130 valence electrons. The molecule has 21 heavy (non-hydrogen) atoms. The van der Waals surface area contributed by atoms with E-state index in [-0.39, 0.29) is 0 Å². The molecule has 0 aliphatic carbocycles. The summed E-state index contributed by atoms with van der Waals surface area (Å²) in [5, 5.41) is 0. The first kappa shape index (κ1) is 23.2. The lowest BCUT2D eigenvalue weighted by Crippen LogP contribution is -2.40. The molecule has 0 spiro atoms. The zero-order valence-electron chi connectivity index (χ0n) is 16.0. The number of morpholine rings is 1. The lowest BCUT2D eigenvalue weighted by molar-refractivity contribution is 0.0238. The van der Waals surface area contributed by atoms with E-state index in [0.717, 1.165) is 26.3 Å². The molecule has 2 rings (SSSR count). The third-order valence-electron chi connectivity index (χ3n) is 3.67. The fraction of sp³-hybridized carbons (Fsp3) is 1.00. The number of piperidine rings is 1. The average Bonchev–Trinajstić information content (AvgIpc) is 2.60. The van der Waals surface area contributed by atoms with Crippen LogP contribution >= 0.6 is 0 Å². The van der Waals surface area contributed by atoms with Crippen LogP contribution in [0, 0.1) is 0 Å². The van der Waals surface area contributed by atoms with Gasteiger partial charge >= 0.3 is 0 Å². The molecule has 0 aromatic carbocycles. The lowest BCUT2D eigenvalue weighted by atomic mass is 10.1. The summed E-state index contributed by atoms with van der Waals surface area (Å²) in [4.78, 5) is 4.95. The third kappa shape index (κ3) is 13.3. The monoisotopic (exact) mass is 302 g/mol. The first-order valence-electron chi connectivity index (χ1n) is 9.28. The first-order chi connectivity index (χ1) is 10.2. The molecule has 0 aromatic heterocycles. The van der Waals surface area contributed by atoms with E-state index in [0.29, 0.717) is 6.04 Å². The summed E-state index contributed by atoms with van der Waals surface area (Å²) in [5.41, 5.74) is 0. The number of ether oxygens (including phenoxy) is 1. The Morgan fingerprint density at radius 1 is 0.810 bits per heavy atom. The Labute approximate surface area is 135 Å². The number of likely N-dealkylation sites (tertiary alicyclic amines) is 1. The van der Waals surface area contributed by atoms with Gasteiger partial charge in [-0.25, -0.2) is 0 Å². The van der Waals surface area contributed by atoms with Gasteiger partial charge in [0.1, 0.15) is 0 Å². The van der Waals surface area contributed by atoms with Gasteiger partial charge in [-0.05, 0) is 46.3 Å². The zero-order valence-corrected chi connectivity index (χ0v) is 16.0. The Bertz CT molecular complexity index is 174. The van der Waals surface area contributed by atoms with Crippen molar-refractivity contribution in [3.63, 3.8) is 0 Å². The smallest absolute Gasteiger partial charge is 0.0594 e. The summed E-state index contributed by atoms with van der Waals surface area (Å²) in [6, 6.07) is 0.689.